The summed E-state index contributed by atoms with van der Waals surface area (Å²) in [5, 5.41) is 0.417. The molecule has 0 aliphatic rings. The van der Waals surface area contributed by atoms with E-state index in [1.165, 1.54) is 18.2 Å². The van der Waals surface area contributed by atoms with Crippen LogP contribution >= 0.6 is 11.6 Å². The number of rotatable bonds is 4. The van der Waals surface area contributed by atoms with Gasteiger partial charge in [-0.2, -0.15) is 0 Å². The summed E-state index contributed by atoms with van der Waals surface area (Å²) in [6.45, 7) is 1.68. The molecule has 0 fully saturated rings. The molecule has 3 N–H and O–H groups in total. The molecule has 0 unspecified atom stereocenters. The lowest BCUT2D eigenvalue weighted by atomic mass is 10.2. The predicted molar refractivity (Wildman–Crippen MR) is 81.3 cm³/mol. The normalized spacial score (nSPS) is 11.4. The lowest BCUT2D eigenvalue weighted by Gasteiger charge is -2.12. The highest BCUT2D eigenvalue weighted by Crippen LogP contribution is 2.24. The van der Waals surface area contributed by atoms with Gasteiger partial charge in [-0.15, -0.1) is 0 Å². The fourth-order valence-corrected chi connectivity index (χ4v) is 3.13. The van der Waals surface area contributed by atoms with Crippen molar-refractivity contribution in [3.05, 3.63) is 58.4 Å². The van der Waals surface area contributed by atoms with E-state index >= 15 is 0 Å². The van der Waals surface area contributed by atoms with Crippen LogP contribution in [-0.2, 0) is 16.6 Å². The van der Waals surface area contributed by atoms with Crippen LogP contribution < -0.4 is 10.5 Å². The number of sulfonamides is 1. The Morgan fingerprint density at radius 1 is 1.24 bits per heavy atom. The monoisotopic (exact) mass is 328 g/mol. The van der Waals surface area contributed by atoms with Crippen LogP contribution in [0.4, 0.5) is 10.1 Å². The van der Waals surface area contributed by atoms with E-state index in [-0.39, 0.29) is 17.0 Å². The molecular weight excluding hydrogens is 315 g/mol. The highest BCUT2D eigenvalue weighted by molar-refractivity contribution is 7.92. The third-order valence-corrected chi connectivity index (χ3v) is 4.59. The number of nitrogens with one attached hydrogen (secondary N) is 1. The van der Waals surface area contributed by atoms with E-state index in [9.17, 15) is 12.8 Å². The zero-order valence-corrected chi connectivity index (χ0v) is 12.8. The van der Waals surface area contributed by atoms with Gasteiger partial charge in [0.05, 0.1) is 10.6 Å². The summed E-state index contributed by atoms with van der Waals surface area (Å²) in [4.78, 5) is -0.0521. The van der Waals surface area contributed by atoms with Crippen molar-refractivity contribution < 1.29 is 12.8 Å². The standard InChI is InChI=1S/C14H14ClFN2O2S/c1-9-2-3-11(15)7-14(9)18-21(19,20)12-4-5-13(16)10(6-12)8-17/h2-7,18H,8,17H2,1H3. The number of anilines is 1. The molecule has 0 bridgehead atoms. The summed E-state index contributed by atoms with van der Waals surface area (Å²) in [5.41, 5.74) is 6.63. The van der Waals surface area contributed by atoms with Crippen LogP contribution in [0.3, 0.4) is 0 Å². The van der Waals surface area contributed by atoms with E-state index in [4.69, 9.17) is 17.3 Å². The topological polar surface area (TPSA) is 72.2 Å². The van der Waals surface area contributed by atoms with Gasteiger partial charge in [0.15, 0.2) is 0 Å². The predicted octanol–water partition coefficient (Wildman–Crippen LogP) is 3.05. The number of halogens is 2. The van der Waals surface area contributed by atoms with Gasteiger partial charge in [-0.25, -0.2) is 12.8 Å². The lowest BCUT2D eigenvalue weighted by Crippen LogP contribution is -2.14. The van der Waals surface area contributed by atoms with Gasteiger partial charge in [0.2, 0.25) is 0 Å². The van der Waals surface area contributed by atoms with Crippen LogP contribution in [-0.4, -0.2) is 8.42 Å². The fraction of sp³-hybridized carbons (Fsp3) is 0.143. The minimum absolute atomic E-state index is 0.0521. The molecule has 2 rings (SSSR count). The van der Waals surface area contributed by atoms with Crippen LogP contribution in [0.1, 0.15) is 11.1 Å². The first-order valence-electron chi connectivity index (χ1n) is 6.11. The molecule has 7 heteroatoms. The van der Waals surface area contributed by atoms with Crippen LogP contribution in [0, 0.1) is 12.7 Å². The molecule has 0 aromatic heterocycles. The van der Waals surface area contributed by atoms with E-state index in [2.05, 4.69) is 4.72 Å². The second-order valence-corrected chi connectivity index (χ2v) is 6.64. The van der Waals surface area contributed by atoms with Crippen molar-refractivity contribution in [2.45, 2.75) is 18.4 Å². The highest BCUT2D eigenvalue weighted by atomic mass is 35.5. The molecule has 0 aliphatic heterocycles. The lowest BCUT2D eigenvalue weighted by molar-refractivity contribution is 0.596. The summed E-state index contributed by atoms with van der Waals surface area (Å²) in [6, 6.07) is 8.38. The SMILES string of the molecule is Cc1ccc(Cl)cc1NS(=O)(=O)c1ccc(F)c(CN)c1. The van der Waals surface area contributed by atoms with E-state index in [1.807, 2.05) is 0 Å². The summed E-state index contributed by atoms with van der Waals surface area (Å²) >= 11 is 5.86. The first-order chi connectivity index (χ1) is 9.83. The molecule has 0 saturated carbocycles. The third kappa shape index (κ3) is 3.53. The third-order valence-electron chi connectivity index (χ3n) is 2.99. The van der Waals surface area contributed by atoms with Crippen molar-refractivity contribution >= 4 is 27.3 Å². The van der Waals surface area contributed by atoms with E-state index in [0.29, 0.717) is 10.7 Å². The largest absolute Gasteiger partial charge is 0.326 e. The van der Waals surface area contributed by atoms with Crippen molar-refractivity contribution in [1.82, 2.24) is 0 Å². The Labute approximate surface area is 127 Å². The highest BCUT2D eigenvalue weighted by Gasteiger charge is 2.17. The van der Waals surface area contributed by atoms with Gasteiger partial charge in [-0.3, -0.25) is 4.72 Å². The molecule has 0 aliphatic carbocycles. The number of nitrogens with two attached hydrogens (primary N) is 1. The smallest absolute Gasteiger partial charge is 0.261 e. The maximum atomic E-state index is 13.4. The van der Waals surface area contributed by atoms with E-state index < -0.39 is 15.8 Å². The number of benzene rings is 2. The molecule has 0 amide bonds. The van der Waals surface area contributed by atoms with Gasteiger partial charge in [-0.1, -0.05) is 17.7 Å². The first-order valence-corrected chi connectivity index (χ1v) is 7.97. The molecule has 4 nitrogen and oxygen atoms in total. The van der Waals surface area contributed by atoms with Gasteiger partial charge in [0.1, 0.15) is 5.82 Å². The molecule has 0 atom stereocenters. The summed E-state index contributed by atoms with van der Waals surface area (Å²) in [7, 11) is -3.83. The Bertz CT molecular complexity index is 779. The zero-order valence-electron chi connectivity index (χ0n) is 11.2. The average Bonchev–Trinajstić information content (AvgIpc) is 2.43. The zero-order chi connectivity index (χ0) is 15.6. The maximum absolute atomic E-state index is 13.4. The molecule has 21 heavy (non-hydrogen) atoms. The molecule has 2 aromatic rings. The van der Waals surface area contributed by atoms with Crippen molar-refractivity contribution in [3.63, 3.8) is 0 Å². The second-order valence-electron chi connectivity index (χ2n) is 4.52. The summed E-state index contributed by atoms with van der Waals surface area (Å²) in [6.07, 6.45) is 0. The van der Waals surface area contributed by atoms with Crippen LogP contribution in [0.5, 0.6) is 0 Å². The average molecular weight is 329 g/mol. The van der Waals surface area contributed by atoms with Gasteiger partial charge in [0, 0.05) is 17.1 Å². The minimum Gasteiger partial charge on any atom is -0.326 e. The van der Waals surface area contributed by atoms with Crippen LogP contribution in [0.25, 0.3) is 0 Å². The van der Waals surface area contributed by atoms with E-state index in [1.54, 1.807) is 19.1 Å². The summed E-state index contributed by atoms with van der Waals surface area (Å²) in [5.74, 6) is -0.532. The molecule has 0 heterocycles. The molecular formula is C14H14ClFN2O2S. The fourth-order valence-electron chi connectivity index (χ4n) is 1.78. The first kappa shape index (κ1) is 15.8. The Morgan fingerprint density at radius 2 is 1.95 bits per heavy atom. The molecule has 2 aromatic carbocycles. The molecule has 0 saturated heterocycles. The maximum Gasteiger partial charge on any atom is 0.261 e. The molecule has 0 radical (unpaired) electrons. The quantitative estimate of drug-likeness (QED) is 0.906. The minimum atomic E-state index is -3.83. The molecule has 112 valence electrons. The van der Waals surface area contributed by atoms with Crippen LogP contribution in [0.15, 0.2) is 41.3 Å². The Balaban J connectivity index is 2.41. The second kappa shape index (κ2) is 6.01. The van der Waals surface area contributed by atoms with Crippen molar-refractivity contribution in [2.75, 3.05) is 4.72 Å². The molecule has 0 spiro atoms. The van der Waals surface area contributed by atoms with Gasteiger partial charge >= 0.3 is 0 Å². The van der Waals surface area contributed by atoms with Gasteiger partial charge < -0.3 is 5.73 Å². The van der Waals surface area contributed by atoms with Crippen molar-refractivity contribution in [1.29, 1.82) is 0 Å². The Hall–Kier alpha value is -1.63. The summed E-state index contributed by atoms with van der Waals surface area (Å²) < 4.78 is 40.5. The Morgan fingerprint density at radius 3 is 2.62 bits per heavy atom. The van der Waals surface area contributed by atoms with Gasteiger partial charge in [0.25, 0.3) is 10.0 Å². The van der Waals surface area contributed by atoms with Crippen LogP contribution in [0.2, 0.25) is 5.02 Å². The number of hydrogen-bond donors (Lipinski definition) is 2. The van der Waals surface area contributed by atoms with Gasteiger partial charge in [-0.05, 0) is 42.8 Å². The van der Waals surface area contributed by atoms with Crippen molar-refractivity contribution in [3.8, 4) is 0 Å². The van der Waals surface area contributed by atoms with E-state index in [0.717, 1.165) is 11.6 Å². The Kier molecular flexibility index (Phi) is 4.51. The number of hydrogen-bond acceptors (Lipinski definition) is 3. The van der Waals surface area contributed by atoms with Crippen molar-refractivity contribution in [2.24, 2.45) is 5.73 Å². The number of aryl methyl sites for hydroxylation is 1.